The van der Waals surface area contributed by atoms with Gasteiger partial charge in [0.1, 0.15) is 0 Å². The summed E-state index contributed by atoms with van der Waals surface area (Å²) < 4.78 is 25.6. The number of hydrogen-bond donors (Lipinski definition) is 1. The third kappa shape index (κ3) is 3.89. The molecule has 2 aromatic carbocycles. The Bertz CT molecular complexity index is 887. The Morgan fingerprint density at radius 2 is 1.69 bits per heavy atom. The molecule has 0 radical (unpaired) electrons. The Morgan fingerprint density at radius 1 is 1.04 bits per heavy atom. The number of carbonyl (C=O) groups is 1. The second kappa shape index (κ2) is 7.47. The van der Waals surface area contributed by atoms with E-state index in [-0.39, 0.29) is 10.8 Å². The summed E-state index contributed by atoms with van der Waals surface area (Å²) in [4.78, 5) is 14.9. The van der Waals surface area contributed by atoms with E-state index >= 15 is 0 Å². The minimum atomic E-state index is -3.57. The molecule has 0 unspecified atom stereocenters. The van der Waals surface area contributed by atoms with Crippen LogP contribution in [-0.4, -0.2) is 45.8 Å². The molecule has 0 aromatic heterocycles. The molecule has 26 heavy (non-hydrogen) atoms. The molecule has 1 amide bonds. The molecule has 1 saturated heterocycles. The third-order valence-corrected chi connectivity index (χ3v) is 6.28. The normalized spacial score (nSPS) is 14.7. The van der Waals surface area contributed by atoms with Crippen LogP contribution >= 0.6 is 0 Å². The van der Waals surface area contributed by atoms with Crippen LogP contribution in [0.1, 0.15) is 23.2 Å². The first-order valence-electron chi connectivity index (χ1n) is 8.57. The number of nitrogens with one attached hydrogen (secondary N) is 1. The van der Waals surface area contributed by atoms with Gasteiger partial charge in [0, 0.05) is 44.1 Å². The number of benzene rings is 2. The van der Waals surface area contributed by atoms with E-state index in [9.17, 15) is 13.2 Å². The molecule has 1 fully saturated rings. The Kier molecular flexibility index (Phi) is 5.29. The average Bonchev–Trinajstić information content (AvgIpc) is 3.17. The Balaban J connectivity index is 1.74. The smallest absolute Gasteiger partial charge is 0.255 e. The van der Waals surface area contributed by atoms with E-state index < -0.39 is 10.0 Å². The Labute approximate surface area is 154 Å². The molecule has 1 aliphatic heterocycles. The van der Waals surface area contributed by atoms with Crippen molar-refractivity contribution in [3.8, 4) is 0 Å². The summed E-state index contributed by atoms with van der Waals surface area (Å²) in [6.07, 6.45) is 2.43. The molecule has 3 rings (SSSR count). The van der Waals surface area contributed by atoms with Crippen molar-refractivity contribution in [1.82, 2.24) is 4.31 Å². The summed E-state index contributed by atoms with van der Waals surface area (Å²) in [6, 6.07) is 13.8. The first kappa shape index (κ1) is 18.4. The van der Waals surface area contributed by atoms with E-state index in [4.69, 9.17) is 0 Å². The molecule has 0 atom stereocenters. The number of anilines is 2. The van der Waals surface area contributed by atoms with E-state index in [1.54, 1.807) is 12.1 Å². The van der Waals surface area contributed by atoms with Crippen molar-refractivity contribution in [2.75, 3.05) is 37.4 Å². The van der Waals surface area contributed by atoms with Gasteiger partial charge < -0.3 is 10.2 Å². The van der Waals surface area contributed by atoms with Crippen LogP contribution in [0.5, 0.6) is 0 Å². The maximum atomic E-state index is 12.5. The molecule has 138 valence electrons. The number of hydrogen-bond acceptors (Lipinski definition) is 4. The van der Waals surface area contributed by atoms with E-state index in [1.165, 1.54) is 39.1 Å². The van der Waals surface area contributed by atoms with Gasteiger partial charge in [0.05, 0.1) is 4.90 Å². The fourth-order valence-electron chi connectivity index (χ4n) is 2.94. The molecule has 1 heterocycles. The Hall–Kier alpha value is -2.38. The zero-order chi connectivity index (χ0) is 18.7. The van der Waals surface area contributed by atoms with Crippen molar-refractivity contribution < 1.29 is 13.2 Å². The van der Waals surface area contributed by atoms with Crippen LogP contribution < -0.4 is 10.2 Å². The molecule has 6 nitrogen and oxygen atoms in total. The molecular formula is C19H23N3O3S. The van der Waals surface area contributed by atoms with Crippen LogP contribution in [-0.2, 0) is 10.0 Å². The van der Waals surface area contributed by atoms with E-state index in [1.807, 2.05) is 24.3 Å². The van der Waals surface area contributed by atoms with Gasteiger partial charge >= 0.3 is 0 Å². The lowest BCUT2D eigenvalue weighted by atomic mass is 10.2. The summed E-state index contributed by atoms with van der Waals surface area (Å²) in [5.41, 5.74) is 2.13. The first-order valence-corrected chi connectivity index (χ1v) is 10.0. The lowest BCUT2D eigenvalue weighted by molar-refractivity contribution is 0.102. The minimum Gasteiger partial charge on any atom is -0.372 e. The lowest BCUT2D eigenvalue weighted by Gasteiger charge is -2.17. The van der Waals surface area contributed by atoms with Gasteiger partial charge in [0.15, 0.2) is 0 Å². The SMILES string of the molecule is CN(C)S(=O)(=O)c1cccc(C(=O)Nc2ccc(N3CCCC3)cc2)c1. The van der Waals surface area contributed by atoms with Crippen LogP contribution in [0.4, 0.5) is 11.4 Å². The summed E-state index contributed by atoms with van der Waals surface area (Å²) in [7, 11) is -0.648. The topological polar surface area (TPSA) is 69.7 Å². The molecule has 0 bridgehead atoms. The standard InChI is InChI=1S/C19H23N3O3S/c1-21(2)26(24,25)18-7-5-6-15(14-18)19(23)20-16-8-10-17(11-9-16)22-12-3-4-13-22/h5-11,14H,3-4,12-13H2,1-2H3,(H,20,23). The van der Waals surface area contributed by atoms with Gasteiger partial charge in [-0.25, -0.2) is 12.7 Å². The summed E-state index contributed by atoms with van der Waals surface area (Å²) in [6.45, 7) is 2.14. The number of rotatable bonds is 5. The fraction of sp³-hybridized carbons (Fsp3) is 0.316. The number of amides is 1. The molecule has 1 N–H and O–H groups in total. The van der Waals surface area contributed by atoms with Crippen LogP contribution in [0.2, 0.25) is 0 Å². The number of carbonyl (C=O) groups excluding carboxylic acids is 1. The summed E-state index contributed by atoms with van der Waals surface area (Å²) in [5.74, 6) is -0.338. The van der Waals surface area contributed by atoms with Gasteiger partial charge in [-0.2, -0.15) is 0 Å². The first-order chi connectivity index (χ1) is 12.4. The van der Waals surface area contributed by atoms with Crippen LogP contribution in [0, 0.1) is 0 Å². The van der Waals surface area contributed by atoms with Gasteiger partial charge in [-0.3, -0.25) is 4.79 Å². The molecule has 2 aromatic rings. The molecule has 1 aliphatic rings. The third-order valence-electron chi connectivity index (χ3n) is 4.47. The average molecular weight is 373 g/mol. The number of sulfonamides is 1. The van der Waals surface area contributed by atoms with Crippen LogP contribution in [0.3, 0.4) is 0 Å². The predicted octanol–water partition coefficient (Wildman–Crippen LogP) is 2.79. The monoisotopic (exact) mass is 373 g/mol. The van der Waals surface area contributed by atoms with Crippen LogP contribution in [0.25, 0.3) is 0 Å². The van der Waals surface area contributed by atoms with Crippen molar-refractivity contribution >= 4 is 27.3 Å². The van der Waals surface area contributed by atoms with Gasteiger partial charge in [-0.05, 0) is 55.3 Å². The second-order valence-corrected chi connectivity index (χ2v) is 8.66. The predicted molar refractivity (Wildman–Crippen MR) is 103 cm³/mol. The molecular weight excluding hydrogens is 350 g/mol. The van der Waals surface area contributed by atoms with Crippen molar-refractivity contribution in [2.24, 2.45) is 0 Å². The molecule has 7 heteroatoms. The van der Waals surface area contributed by atoms with Gasteiger partial charge in [0.25, 0.3) is 5.91 Å². The highest BCUT2D eigenvalue weighted by molar-refractivity contribution is 7.89. The maximum Gasteiger partial charge on any atom is 0.255 e. The van der Waals surface area contributed by atoms with Gasteiger partial charge in [0.2, 0.25) is 10.0 Å². The number of nitrogens with zero attached hydrogens (tertiary/aromatic N) is 2. The maximum absolute atomic E-state index is 12.5. The second-order valence-electron chi connectivity index (χ2n) is 6.51. The van der Waals surface area contributed by atoms with Crippen molar-refractivity contribution in [1.29, 1.82) is 0 Å². The van der Waals surface area contributed by atoms with Gasteiger partial charge in [-0.15, -0.1) is 0 Å². The van der Waals surface area contributed by atoms with Gasteiger partial charge in [-0.1, -0.05) is 6.07 Å². The summed E-state index contributed by atoms with van der Waals surface area (Å²) >= 11 is 0. The van der Waals surface area contributed by atoms with E-state index in [0.29, 0.717) is 11.3 Å². The highest BCUT2D eigenvalue weighted by atomic mass is 32.2. The fourth-order valence-corrected chi connectivity index (χ4v) is 3.89. The van der Waals surface area contributed by atoms with Crippen molar-refractivity contribution in [3.63, 3.8) is 0 Å². The zero-order valence-electron chi connectivity index (χ0n) is 15.0. The van der Waals surface area contributed by atoms with E-state index in [2.05, 4.69) is 10.2 Å². The molecule has 0 saturated carbocycles. The Morgan fingerprint density at radius 3 is 2.31 bits per heavy atom. The minimum absolute atomic E-state index is 0.0968. The largest absolute Gasteiger partial charge is 0.372 e. The summed E-state index contributed by atoms with van der Waals surface area (Å²) in [5, 5.41) is 2.82. The zero-order valence-corrected chi connectivity index (χ0v) is 15.8. The highest BCUT2D eigenvalue weighted by Gasteiger charge is 2.19. The van der Waals surface area contributed by atoms with Crippen LogP contribution in [0.15, 0.2) is 53.4 Å². The van der Waals surface area contributed by atoms with Crippen molar-refractivity contribution in [2.45, 2.75) is 17.7 Å². The highest BCUT2D eigenvalue weighted by Crippen LogP contribution is 2.22. The molecule has 0 aliphatic carbocycles. The van der Waals surface area contributed by atoms with E-state index in [0.717, 1.165) is 23.1 Å². The quantitative estimate of drug-likeness (QED) is 0.875. The molecule has 0 spiro atoms. The lowest BCUT2D eigenvalue weighted by Crippen LogP contribution is -2.22. The van der Waals surface area contributed by atoms with Crippen molar-refractivity contribution in [3.05, 3.63) is 54.1 Å².